The molecular formula is C25H33N3O3. The second kappa shape index (κ2) is 10.6. The lowest BCUT2D eigenvalue weighted by Crippen LogP contribution is -2.43. The number of hydrogen-bond acceptors (Lipinski definition) is 5. The molecule has 0 aromatic heterocycles. The number of fused-ring (bicyclic) bond motifs is 2. The third-order valence-electron chi connectivity index (χ3n) is 6.13. The van der Waals surface area contributed by atoms with Crippen molar-refractivity contribution in [1.82, 2.24) is 10.2 Å². The van der Waals surface area contributed by atoms with E-state index in [9.17, 15) is 4.79 Å². The highest BCUT2D eigenvalue weighted by Gasteiger charge is 2.31. The first-order valence-corrected chi connectivity index (χ1v) is 11.3. The number of amides is 1. The Morgan fingerprint density at radius 2 is 2.00 bits per heavy atom. The van der Waals surface area contributed by atoms with E-state index < -0.39 is 0 Å². The van der Waals surface area contributed by atoms with Gasteiger partial charge in [-0.1, -0.05) is 30.3 Å². The quantitative estimate of drug-likeness (QED) is 0.820. The summed E-state index contributed by atoms with van der Waals surface area (Å²) in [4.78, 5) is 17.2. The van der Waals surface area contributed by atoms with Gasteiger partial charge in [0.25, 0.3) is 0 Å². The first-order chi connectivity index (χ1) is 15.2. The summed E-state index contributed by atoms with van der Waals surface area (Å²) in [7, 11) is 2.13. The highest BCUT2D eigenvalue weighted by atomic mass is 16.5. The third kappa shape index (κ3) is 5.77. The summed E-state index contributed by atoms with van der Waals surface area (Å²) >= 11 is 0. The summed E-state index contributed by atoms with van der Waals surface area (Å²) in [6.07, 6.45) is 2.94. The topological polar surface area (TPSA) is 54.0 Å². The monoisotopic (exact) mass is 423 g/mol. The van der Waals surface area contributed by atoms with Crippen molar-refractivity contribution in [2.45, 2.75) is 31.8 Å². The molecule has 2 aromatic carbocycles. The molecule has 1 fully saturated rings. The average Bonchev–Trinajstić information content (AvgIpc) is 3.26. The summed E-state index contributed by atoms with van der Waals surface area (Å²) in [5, 5.41) is 3.02. The lowest BCUT2D eigenvalue weighted by atomic mass is 10.1. The lowest BCUT2D eigenvalue weighted by Gasteiger charge is -2.26. The van der Waals surface area contributed by atoms with Crippen LogP contribution in [0.3, 0.4) is 0 Å². The number of anilines is 1. The van der Waals surface area contributed by atoms with Gasteiger partial charge >= 0.3 is 0 Å². The predicted octanol–water partition coefficient (Wildman–Crippen LogP) is 2.86. The second-order valence-electron chi connectivity index (χ2n) is 8.33. The fourth-order valence-corrected chi connectivity index (χ4v) is 4.35. The van der Waals surface area contributed by atoms with Crippen LogP contribution in [0.5, 0.6) is 5.75 Å². The van der Waals surface area contributed by atoms with E-state index in [-0.39, 0.29) is 11.9 Å². The van der Waals surface area contributed by atoms with Crippen molar-refractivity contribution < 1.29 is 14.3 Å². The molecule has 1 amide bonds. The van der Waals surface area contributed by atoms with Gasteiger partial charge in [0.2, 0.25) is 5.91 Å². The number of carbonyl (C=O) groups excluding carboxylic acids is 1. The van der Waals surface area contributed by atoms with Crippen molar-refractivity contribution in [2.24, 2.45) is 0 Å². The predicted molar refractivity (Wildman–Crippen MR) is 123 cm³/mol. The molecule has 1 saturated heterocycles. The standard InChI is InChI=1S/C25H33N3O3/c1-27(14-11-20-6-3-2-4-7-20)22-9-10-24-21(18-22)19-28-13-5-8-23(28)25(29)26-12-15-30-16-17-31-24/h2-4,6-7,9-10,18,23H,5,8,11-17,19H2,1H3,(H,26,29). The van der Waals surface area contributed by atoms with Crippen molar-refractivity contribution in [3.63, 3.8) is 0 Å². The molecule has 31 heavy (non-hydrogen) atoms. The van der Waals surface area contributed by atoms with Crippen LogP contribution in [0.25, 0.3) is 0 Å². The summed E-state index contributed by atoms with van der Waals surface area (Å²) < 4.78 is 11.7. The smallest absolute Gasteiger partial charge is 0.237 e. The molecule has 0 bridgehead atoms. The molecule has 0 radical (unpaired) electrons. The molecule has 2 aromatic rings. The number of nitrogens with one attached hydrogen (secondary N) is 1. The molecule has 0 saturated carbocycles. The maximum absolute atomic E-state index is 12.7. The Bertz CT molecular complexity index is 858. The molecular weight excluding hydrogens is 390 g/mol. The number of rotatable bonds is 4. The molecule has 0 spiro atoms. The van der Waals surface area contributed by atoms with E-state index in [1.807, 2.05) is 0 Å². The number of hydrogen-bond donors (Lipinski definition) is 1. The Labute approximate surface area is 185 Å². The van der Waals surface area contributed by atoms with Crippen LogP contribution >= 0.6 is 0 Å². The minimum Gasteiger partial charge on any atom is -0.491 e. The van der Waals surface area contributed by atoms with Gasteiger partial charge < -0.3 is 19.7 Å². The van der Waals surface area contributed by atoms with Crippen molar-refractivity contribution in [3.05, 3.63) is 59.7 Å². The SMILES string of the molecule is CN(CCc1ccccc1)c1ccc2c(c1)CN1CCCC1C(=O)NCCOCCO2. The average molecular weight is 424 g/mol. The third-order valence-corrected chi connectivity index (χ3v) is 6.13. The highest BCUT2D eigenvalue weighted by molar-refractivity contribution is 5.82. The maximum atomic E-state index is 12.7. The van der Waals surface area contributed by atoms with Gasteiger partial charge in [-0.25, -0.2) is 0 Å². The minimum absolute atomic E-state index is 0.0759. The molecule has 2 aliphatic heterocycles. The Balaban J connectivity index is 1.51. The number of carbonyl (C=O) groups is 1. The number of likely N-dealkylation sites (N-methyl/N-ethyl adjacent to an activating group) is 1. The van der Waals surface area contributed by atoms with Gasteiger partial charge in [-0.3, -0.25) is 9.69 Å². The van der Waals surface area contributed by atoms with Crippen LogP contribution in [0.2, 0.25) is 0 Å². The van der Waals surface area contributed by atoms with Gasteiger partial charge in [0.15, 0.2) is 0 Å². The van der Waals surface area contributed by atoms with E-state index in [0.717, 1.165) is 43.7 Å². The molecule has 1 N–H and O–H groups in total. The van der Waals surface area contributed by atoms with E-state index in [2.05, 4.69) is 70.7 Å². The molecule has 0 aliphatic carbocycles. The molecule has 6 heteroatoms. The first-order valence-electron chi connectivity index (χ1n) is 11.3. The van der Waals surface area contributed by atoms with Gasteiger partial charge in [0.05, 0.1) is 19.3 Å². The molecule has 1 atom stereocenters. The summed E-state index contributed by atoms with van der Waals surface area (Å²) in [6, 6.07) is 16.9. The van der Waals surface area contributed by atoms with Crippen LogP contribution in [-0.4, -0.2) is 63.4 Å². The maximum Gasteiger partial charge on any atom is 0.237 e. The van der Waals surface area contributed by atoms with Crippen molar-refractivity contribution in [2.75, 3.05) is 51.4 Å². The summed E-state index contributed by atoms with van der Waals surface area (Å²) in [6.45, 7) is 4.67. The Kier molecular flexibility index (Phi) is 7.43. The zero-order chi connectivity index (χ0) is 21.5. The molecule has 2 aliphatic rings. The van der Waals surface area contributed by atoms with Crippen LogP contribution in [0.1, 0.15) is 24.0 Å². The van der Waals surface area contributed by atoms with Gasteiger partial charge in [-0.05, 0) is 49.6 Å². The van der Waals surface area contributed by atoms with Crippen LogP contribution in [0.15, 0.2) is 48.5 Å². The van der Waals surface area contributed by atoms with Crippen molar-refractivity contribution in [1.29, 1.82) is 0 Å². The van der Waals surface area contributed by atoms with E-state index in [4.69, 9.17) is 9.47 Å². The number of nitrogens with zero attached hydrogens (tertiary/aromatic N) is 2. The molecule has 1 unspecified atom stereocenters. The fraction of sp³-hybridized carbons (Fsp3) is 0.480. The van der Waals surface area contributed by atoms with E-state index in [1.54, 1.807) is 0 Å². The normalized spacial score (nSPS) is 20.3. The van der Waals surface area contributed by atoms with Gasteiger partial charge in [-0.2, -0.15) is 0 Å². The van der Waals surface area contributed by atoms with Crippen LogP contribution in [-0.2, 0) is 22.5 Å². The van der Waals surface area contributed by atoms with Crippen molar-refractivity contribution >= 4 is 11.6 Å². The summed E-state index contributed by atoms with van der Waals surface area (Å²) in [5.74, 6) is 0.994. The van der Waals surface area contributed by atoms with E-state index >= 15 is 0 Å². The zero-order valence-electron chi connectivity index (χ0n) is 18.4. The van der Waals surface area contributed by atoms with Crippen molar-refractivity contribution in [3.8, 4) is 5.75 Å². The number of ether oxygens (including phenoxy) is 2. The Morgan fingerprint density at radius 1 is 1.13 bits per heavy atom. The van der Waals surface area contributed by atoms with E-state index in [0.29, 0.717) is 32.9 Å². The minimum atomic E-state index is -0.0759. The van der Waals surface area contributed by atoms with Gasteiger partial charge in [0.1, 0.15) is 12.4 Å². The zero-order valence-corrected chi connectivity index (χ0v) is 18.4. The second-order valence-corrected chi connectivity index (χ2v) is 8.33. The van der Waals surface area contributed by atoms with Gasteiger partial charge in [-0.15, -0.1) is 0 Å². The Hall–Kier alpha value is -2.57. The highest BCUT2D eigenvalue weighted by Crippen LogP contribution is 2.29. The first kappa shape index (κ1) is 21.7. The molecule has 4 rings (SSSR count). The fourth-order valence-electron chi connectivity index (χ4n) is 4.35. The Morgan fingerprint density at radius 3 is 2.87 bits per heavy atom. The van der Waals surface area contributed by atoms with Crippen LogP contribution in [0, 0.1) is 0 Å². The molecule has 6 nitrogen and oxygen atoms in total. The number of benzene rings is 2. The molecule has 166 valence electrons. The summed E-state index contributed by atoms with van der Waals surface area (Å²) in [5.41, 5.74) is 3.63. The van der Waals surface area contributed by atoms with E-state index in [1.165, 1.54) is 11.3 Å². The largest absolute Gasteiger partial charge is 0.491 e. The van der Waals surface area contributed by atoms with Crippen LogP contribution in [0.4, 0.5) is 5.69 Å². The lowest BCUT2D eigenvalue weighted by molar-refractivity contribution is -0.125. The van der Waals surface area contributed by atoms with Crippen LogP contribution < -0.4 is 15.0 Å². The molecule has 2 heterocycles. The van der Waals surface area contributed by atoms with Gasteiger partial charge in [0, 0.05) is 37.9 Å².